The highest BCUT2D eigenvalue weighted by molar-refractivity contribution is 8.00. The molecule has 19 heavy (non-hydrogen) atoms. The summed E-state index contributed by atoms with van der Waals surface area (Å²) in [5.74, 6) is 0. The maximum Gasteiger partial charge on any atom is 0.0624 e. The van der Waals surface area contributed by atoms with Gasteiger partial charge in [0.25, 0.3) is 0 Å². The first-order valence-corrected chi connectivity index (χ1v) is 7.98. The minimum atomic E-state index is 0.632. The zero-order valence-corrected chi connectivity index (χ0v) is 12.4. The maximum atomic E-state index is 4.73. The first-order valence-electron chi connectivity index (χ1n) is 7.10. The van der Waals surface area contributed by atoms with Gasteiger partial charge in [-0.2, -0.15) is 5.10 Å². The quantitative estimate of drug-likeness (QED) is 0.844. The van der Waals surface area contributed by atoms with Crippen LogP contribution in [-0.2, 0) is 25.8 Å². The van der Waals surface area contributed by atoms with Crippen LogP contribution in [0, 0.1) is 0 Å². The number of thioether (sulfide) groups is 1. The molecule has 1 atom stereocenters. The minimum Gasteiger partial charge on any atom is -0.268 e. The number of nitrogens with zero attached hydrogens (tertiary/aromatic N) is 2. The lowest BCUT2D eigenvalue weighted by Gasteiger charge is -2.11. The molecular formula is C16H20N2S. The van der Waals surface area contributed by atoms with Gasteiger partial charge < -0.3 is 0 Å². The monoisotopic (exact) mass is 272 g/mol. The maximum absolute atomic E-state index is 4.73. The average Bonchev–Trinajstić information content (AvgIpc) is 3.01. The fourth-order valence-corrected chi connectivity index (χ4v) is 3.98. The first-order chi connectivity index (χ1) is 9.30. The van der Waals surface area contributed by atoms with Crippen molar-refractivity contribution >= 4 is 11.8 Å². The lowest BCUT2D eigenvalue weighted by atomic mass is 10.1. The van der Waals surface area contributed by atoms with Gasteiger partial charge >= 0.3 is 0 Å². The molecule has 0 radical (unpaired) electrons. The third-order valence-corrected chi connectivity index (χ3v) is 5.03. The van der Waals surface area contributed by atoms with E-state index in [-0.39, 0.29) is 0 Å². The molecule has 0 fully saturated rings. The van der Waals surface area contributed by atoms with E-state index in [0.717, 1.165) is 19.4 Å². The van der Waals surface area contributed by atoms with E-state index in [9.17, 15) is 0 Å². The van der Waals surface area contributed by atoms with Crippen molar-refractivity contribution in [2.24, 2.45) is 0 Å². The molecule has 0 saturated heterocycles. The summed E-state index contributed by atoms with van der Waals surface area (Å²) in [4.78, 5) is 1.45. The topological polar surface area (TPSA) is 17.8 Å². The van der Waals surface area contributed by atoms with E-state index >= 15 is 0 Å². The fourth-order valence-electron chi connectivity index (χ4n) is 2.68. The Hall–Kier alpha value is -1.22. The Labute approximate surface area is 119 Å². The van der Waals surface area contributed by atoms with Crippen LogP contribution in [-0.4, -0.2) is 15.0 Å². The van der Waals surface area contributed by atoms with Crippen LogP contribution in [0.4, 0.5) is 0 Å². The van der Waals surface area contributed by atoms with E-state index in [4.69, 9.17) is 5.10 Å². The van der Waals surface area contributed by atoms with E-state index < -0.39 is 0 Å². The number of hydrogen-bond acceptors (Lipinski definition) is 2. The lowest BCUT2D eigenvalue weighted by molar-refractivity contribution is 0.565. The molecule has 2 aromatic rings. The smallest absolute Gasteiger partial charge is 0.0624 e. The SMILES string of the molecule is CCc1cc(CC)n(CC2Cc3ccccc3S2)n1. The van der Waals surface area contributed by atoms with E-state index in [1.165, 1.54) is 28.3 Å². The molecule has 3 rings (SSSR count). The lowest BCUT2D eigenvalue weighted by Crippen LogP contribution is -2.15. The standard InChI is InChI=1S/C16H20N2S/c1-3-13-10-14(4-2)18(17-13)11-15-9-12-7-5-6-8-16(12)19-15/h5-8,10,15H,3-4,9,11H2,1-2H3. The van der Waals surface area contributed by atoms with Crippen molar-refractivity contribution in [1.29, 1.82) is 0 Å². The molecule has 0 amide bonds. The van der Waals surface area contributed by atoms with Crippen LogP contribution in [0.2, 0.25) is 0 Å². The number of fused-ring (bicyclic) bond motifs is 1. The van der Waals surface area contributed by atoms with E-state index in [2.05, 4.69) is 48.9 Å². The highest BCUT2D eigenvalue weighted by atomic mass is 32.2. The Bertz CT molecular complexity index is 549. The summed E-state index contributed by atoms with van der Waals surface area (Å²) in [5, 5.41) is 5.36. The zero-order chi connectivity index (χ0) is 13.2. The average molecular weight is 272 g/mol. The number of rotatable bonds is 4. The van der Waals surface area contributed by atoms with Crippen molar-refractivity contribution in [3.63, 3.8) is 0 Å². The van der Waals surface area contributed by atoms with Gasteiger partial charge in [0.05, 0.1) is 12.2 Å². The Morgan fingerprint density at radius 2 is 2.11 bits per heavy atom. The van der Waals surface area contributed by atoms with Crippen molar-refractivity contribution in [2.75, 3.05) is 0 Å². The van der Waals surface area contributed by atoms with Crippen molar-refractivity contribution in [1.82, 2.24) is 9.78 Å². The molecule has 1 aromatic heterocycles. The number of benzene rings is 1. The van der Waals surface area contributed by atoms with Gasteiger partial charge in [0, 0.05) is 15.8 Å². The Balaban J connectivity index is 1.75. The summed E-state index contributed by atoms with van der Waals surface area (Å²) in [5.41, 5.74) is 4.09. The van der Waals surface area contributed by atoms with E-state index in [0.29, 0.717) is 5.25 Å². The Kier molecular flexibility index (Phi) is 3.65. The molecule has 0 bridgehead atoms. The molecule has 1 aromatic carbocycles. The van der Waals surface area contributed by atoms with E-state index in [1.807, 2.05) is 11.8 Å². The predicted octanol–water partition coefficient (Wildman–Crippen LogP) is 3.72. The molecule has 0 aliphatic carbocycles. The summed E-state index contributed by atoms with van der Waals surface area (Å²) in [6.07, 6.45) is 3.26. The van der Waals surface area contributed by atoms with Crippen molar-refractivity contribution in [2.45, 2.75) is 49.8 Å². The van der Waals surface area contributed by atoms with Gasteiger partial charge in [0.1, 0.15) is 0 Å². The summed E-state index contributed by atoms with van der Waals surface area (Å²) in [7, 11) is 0. The first kappa shape index (κ1) is 12.8. The highest BCUT2D eigenvalue weighted by Gasteiger charge is 2.23. The molecule has 1 aliphatic heterocycles. The van der Waals surface area contributed by atoms with Crippen LogP contribution in [0.1, 0.15) is 30.8 Å². The predicted molar refractivity (Wildman–Crippen MR) is 80.8 cm³/mol. The molecule has 0 N–H and O–H groups in total. The van der Waals surface area contributed by atoms with Gasteiger partial charge in [-0.05, 0) is 37.0 Å². The fraction of sp³-hybridized carbons (Fsp3) is 0.438. The zero-order valence-electron chi connectivity index (χ0n) is 11.6. The molecule has 100 valence electrons. The molecule has 3 heteroatoms. The van der Waals surface area contributed by atoms with Gasteiger partial charge in [-0.15, -0.1) is 11.8 Å². The largest absolute Gasteiger partial charge is 0.268 e. The van der Waals surface area contributed by atoms with Gasteiger partial charge in [-0.25, -0.2) is 0 Å². The van der Waals surface area contributed by atoms with Crippen LogP contribution in [0.5, 0.6) is 0 Å². The number of aryl methyl sites for hydroxylation is 2. The number of aromatic nitrogens is 2. The minimum absolute atomic E-state index is 0.632. The number of hydrogen-bond donors (Lipinski definition) is 0. The van der Waals surface area contributed by atoms with Gasteiger partial charge in [0.15, 0.2) is 0 Å². The van der Waals surface area contributed by atoms with Gasteiger partial charge in [-0.3, -0.25) is 4.68 Å². The molecule has 0 saturated carbocycles. The Morgan fingerprint density at radius 3 is 2.84 bits per heavy atom. The molecule has 1 unspecified atom stereocenters. The summed E-state index contributed by atoms with van der Waals surface area (Å²) in [6.45, 7) is 5.41. The summed E-state index contributed by atoms with van der Waals surface area (Å²) in [6, 6.07) is 11.0. The summed E-state index contributed by atoms with van der Waals surface area (Å²) < 4.78 is 2.22. The summed E-state index contributed by atoms with van der Waals surface area (Å²) >= 11 is 2.01. The molecule has 0 spiro atoms. The van der Waals surface area contributed by atoms with Gasteiger partial charge in [0.2, 0.25) is 0 Å². The molecule has 1 aliphatic rings. The highest BCUT2D eigenvalue weighted by Crippen LogP contribution is 2.37. The third-order valence-electron chi connectivity index (χ3n) is 3.73. The van der Waals surface area contributed by atoms with Crippen molar-refractivity contribution < 1.29 is 0 Å². The van der Waals surface area contributed by atoms with Gasteiger partial charge in [-0.1, -0.05) is 32.0 Å². The van der Waals surface area contributed by atoms with E-state index in [1.54, 1.807) is 0 Å². The van der Waals surface area contributed by atoms with Crippen LogP contribution < -0.4 is 0 Å². The second kappa shape index (κ2) is 5.41. The third kappa shape index (κ3) is 2.57. The second-order valence-corrected chi connectivity index (χ2v) is 6.41. The van der Waals surface area contributed by atoms with Crippen molar-refractivity contribution in [3.05, 3.63) is 47.3 Å². The molecular weight excluding hydrogens is 252 g/mol. The Morgan fingerprint density at radius 1 is 1.26 bits per heavy atom. The molecule has 2 heterocycles. The van der Waals surface area contributed by atoms with Crippen LogP contribution in [0.25, 0.3) is 0 Å². The second-order valence-electron chi connectivity index (χ2n) is 5.07. The normalized spacial score (nSPS) is 17.7. The van der Waals surface area contributed by atoms with Crippen LogP contribution in [0.3, 0.4) is 0 Å². The van der Waals surface area contributed by atoms with Crippen molar-refractivity contribution in [3.8, 4) is 0 Å². The van der Waals surface area contributed by atoms with Crippen LogP contribution >= 0.6 is 11.8 Å². The van der Waals surface area contributed by atoms with Crippen LogP contribution in [0.15, 0.2) is 35.2 Å². The molecule has 2 nitrogen and oxygen atoms in total.